The summed E-state index contributed by atoms with van der Waals surface area (Å²) in [7, 11) is 0. The van der Waals surface area contributed by atoms with E-state index >= 15 is 0 Å². The molecule has 0 unspecified atom stereocenters. The second-order valence-corrected chi connectivity index (χ2v) is 6.95. The van der Waals surface area contributed by atoms with Gasteiger partial charge in [0.25, 0.3) is 11.5 Å². The summed E-state index contributed by atoms with van der Waals surface area (Å²) in [6, 6.07) is 1.82. The molecule has 7 nitrogen and oxygen atoms in total. The Morgan fingerprint density at radius 2 is 2.13 bits per heavy atom. The maximum atomic E-state index is 12.5. The van der Waals surface area contributed by atoms with E-state index in [-0.39, 0.29) is 23.6 Å². The van der Waals surface area contributed by atoms with Gasteiger partial charge in [-0.05, 0) is 37.1 Å². The molecule has 0 radical (unpaired) electrons. The van der Waals surface area contributed by atoms with E-state index in [2.05, 4.69) is 10.3 Å². The van der Waals surface area contributed by atoms with Crippen molar-refractivity contribution in [1.29, 1.82) is 0 Å². The molecule has 0 bridgehead atoms. The Kier molecular flexibility index (Phi) is 3.86. The first-order chi connectivity index (χ1) is 11.2. The minimum atomic E-state index is -0.267. The molecule has 2 aromatic heterocycles. The van der Waals surface area contributed by atoms with E-state index in [4.69, 9.17) is 4.74 Å². The highest BCUT2D eigenvalue weighted by atomic mass is 32.1. The minimum Gasteiger partial charge on any atom is -0.368 e. The van der Waals surface area contributed by atoms with Crippen LogP contribution in [0.25, 0.3) is 10.2 Å². The van der Waals surface area contributed by atoms with Gasteiger partial charge in [-0.25, -0.2) is 4.68 Å². The van der Waals surface area contributed by atoms with Crippen molar-refractivity contribution in [2.75, 3.05) is 19.7 Å². The Balaban J connectivity index is 1.47. The molecule has 4 rings (SSSR count). The van der Waals surface area contributed by atoms with Crippen molar-refractivity contribution in [1.82, 2.24) is 19.9 Å². The molecule has 8 heteroatoms. The average molecular weight is 334 g/mol. The summed E-state index contributed by atoms with van der Waals surface area (Å²) in [6.45, 7) is 1.96. The van der Waals surface area contributed by atoms with Gasteiger partial charge in [-0.2, -0.15) is 0 Å². The van der Waals surface area contributed by atoms with E-state index < -0.39 is 0 Å². The van der Waals surface area contributed by atoms with Gasteiger partial charge in [0.1, 0.15) is 16.3 Å². The van der Waals surface area contributed by atoms with Gasteiger partial charge in [0.15, 0.2) is 0 Å². The predicted molar refractivity (Wildman–Crippen MR) is 85.5 cm³/mol. The molecule has 122 valence electrons. The smallest absolute Gasteiger partial charge is 0.287 e. The Morgan fingerprint density at radius 3 is 2.87 bits per heavy atom. The zero-order valence-electron chi connectivity index (χ0n) is 12.7. The quantitative estimate of drug-likeness (QED) is 0.824. The van der Waals surface area contributed by atoms with Gasteiger partial charge in [-0.1, -0.05) is 5.21 Å². The fourth-order valence-electron chi connectivity index (χ4n) is 3.33. The number of aromatic nitrogens is 3. The lowest BCUT2D eigenvalue weighted by molar-refractivity contribution is -0.142. The number of thiophene rings is 1. The van der Waals surface area contributed by atoms with Crippen LogP contribution in [0, 0.1) is 0 Å². The number of carbonyl (C=O) groups is 1. The maximum Gasteiger partial charge on any atom is 0.287 e. The van der Waals surface area contributed by atoms with E-state index in [1.807, 2.05) is 16.3 Å². The molecule has 0 N–H and O–H groups in total. The van der Waals surface area contributed by atoms with Crippen LogP contribution in [-0.2, 0) is 9.53 Å². The zero-order valence-corrected chi connectivity index (χ0v) is 13.5. The van der Waals surface area contributed by atoms with Crippen molar-refractivity contribution in [3.8, 4) is 0 Å². The first kappa shape index (κ1) is 14.8. The molecule has 0 aliphatic carbocycles. The zero-order chi connectivity index (χ0) is 15.8. The highest BCUT2D eigenvalue weighted by Crippen LogP contribution is 2.24. The summed E-state index contributed by atoms with van der Waals surface area (Å²) >= 11 is 1.40. The minimum absolute atomic E-state index is 0.00930. The molecule has 2 saturated heterocycles. The van der Waals surface area contributed by atoms with Crippen LogP contribution < -0.4 is 5.56 Å². The number of fused-ring (bicyclic) bond motifs is 1. The summed E-state index contributed by atoms with van der Waals surface area (Å²) in [4.78, 5) is 26.7. The van der Waals surface area contributed by atoms with Crippen molar-refractivity contribution < 1.29 is 9.53 Å². The lowest BCUT2D eigenvalue weighted by Gasteiger charge is -2.33. The molecule has 23 heavy (non-hydrogen) atoms. The number of hydrogen-bond acceptors (Lipinski definition) is 6. The summed E-state index contributed by atoms with van der Waals surface area (Å²) in [5, 5.41) is 10.1. The molecule has 2 aliphatic heterocycles. The number of carbonyl (C=O) groups excluding carboxylic acids is 1. The number of likely N-dealkylation sites (tertiary alicyclic amines) is 1. The van der Waals surface area contributed by atoms with E-state index in [1.54, 1.807) is 0 Å². The Morgan fingerprint density at radius 1 is 1.30 bits per heavy atom. The highest BCUT2D eigenvalue weighted by molar-refractivity contribution is 7.17. The topological polar surface area (TPSA) is 77.3 Å². The van der Waals surface area contributed by atoms with E-state index in [9.17, 15) is 9.59 Å². The molecule has 1 atom stereocenters. The summed E-state index contributed by atoms with van der Waals surface area (Å²) in [5.74, 6) is 0.0908. The molecule has 0 aromatic carbocycles. The third-order valence-electron chi connectivity index (χ3n) is 4.62. The van der Waals surface area contributed by atoms with Crippen LogP contribution in [-0.4, -0.2) is 51.6 Å². The second kappa shape index (κ2) is 6.01. The van der Waals surface area contributed by atoms with Crippen molar-refractivity contribution in [3.05, 3.63) is 21.8 Å². The molecule has 0 saturated carbocycles. The summed E-state index contributed by atoms with van der Waals surface area (Å²) in [5.41, 5.74) is 0.580. The number of ether oxygens (including phenoxy) is 1. The largest absolute Gasteiger partial charge is 0.368 e. The maximum absolute atomic E-state index is 12.5. The van der Waals surface area contributed by atoms with Crippen molar-refractivity contribution in [3.63, 3.8) is 0 Å². The van der Waals surface area contributed by atoms with Gasteiger partial charge in [0.2, 0.25) is 0 Å². The third-order valence-corrected chi connectivity index (χ3v) is 5.51. The molecule has 0 spiro atoms. The average Bonchev–Trinajstić information content (AvgIpc) is 3.27. The Labute approximate surface area is 136 Å². The third kappa shape index (κ3) is 2.66. The summed E-state index contributed by atoms with van der Waals surface area (Å²) in [6.07, 6.45) is 2.96. The van der Waals surface area contributed by atoms with Gasteiger partial charge < -0.3 is 9.64 Å². The first-order valence-corrected chi connectivity index (χ1v) is 8.85. The normalized spacial score (nSPS) is 22.8. The predicted octanol–water partition coefficient (Wildman–Crippen LogP) is 1.20. The van der Waals surface area contributed by atoms with Crippen LogP contribution in [0.2, 0.25) is 0 Å². The number of amides is 1. The van der Waals surface area contributed by atoms with Crippen molar-refractivity contribution in [2.45, 2.75) is 37.8 Å². The molecule has 2 aromatic rings. The lowest BCUT2D eigenvalue weighted by Crippen LogP contribution is -2.45. The van der Waals surface area contributed by atoms with Gasteiger partial charge in [-0.15, -0.1) is 16.4 Å². The van der Waals surface area contributed by atoms with Crippen LogP contribution in [0.4, 0.5) is 0 Å². The van der Waals surface area contributed by atoms with Gasteiger partial charge in [0, 0.05) is 19.7 Å². The Bertz CT molecular complexity index is 772. The molecule has 2 aliphatic rings. The van der Waals surface area contributed by atoms with Crippen LogP contribution in [0.3, 0.4) is 0 Å². The Hall–Kier alpha value is -1.80. The standard InChI is InChI=1S/C15H18N4O3S/c20-14(12-2-1-8-22-12)18-6-3-10(4-7-18)19-15(21)13-11(16-17-19)5-9-23-13/h5,9-10,12H,1-4,6-8H2/t12-/m0/s1. The van der Waals surface area contributed by atoms with Gasteiger partial charge >= 0.3 is 0 Å². The number of hydrogen-bond donors (Lipinski definition) is 0. The lowest BCUT2D eigenvalue weighted by atomic mass is 10.0. The van der Waals surface area contributed by atoms with Gasteiger partial charge in [-0.3, -0.25) is 9.59 Å². The van der Waals surface area contributed by atoms with Gasteiger partial charge in [0.05, 0.1) is 6.04 Å². The number of rotatable bonds is 2. The molecule has 2 fully saturated rings. The SMILES string of the molecule is O=C([C@@H]1CCCO1)N1CCC(n2nnc3ccsc3c2=O)CC1. The van der Waals surface area contributed by atoms with E-state index in [1.165, 1.54) is 16.0 Å². The number of piperidine rings is 1. The van der Waals surface area contributed by atoms with Crippen LogP contribution in [0.1, 0.15) is 31.7 Å². The monoisotopic (exact) mass is 334 g/mol. The fraction of sp³-hybridized carbons (Fsp3) is 0.600. The van der Waals surface area contributed by atoms with Crippen molar-refractivity contribution in [2.24, 2.45) is 0 Å². The van der Waals surface area contributed by atoms with E-state index in [0.717, 1.165) is 25.7 Å². The van der Waals surface area contributed by atoms with Crippen LogP contribution in [0.15, 0.2) is 16.2 Å². The molecular weight excluding hydrogens is 316 g/mol. The highest BCUT2D eigenvalue weighted by Gasteiger charge is 2.32. The van der Waals surface area contributed by atoms with Crippen LogP contribution in [0.5, 0.6) is 0 Å². The molecule has 4 heterocycles. The number of nitrogens with zero attached hydrogens (tertiary/aromatic N) is 4. The molecular formula is C15H18N4O3S. The van der Waals surface area contributed by atoms with Crippen molar-refractivity contribution >= 4 is 27.5 Å². The second-order valence-electron chi connectivity index (χ2n) is 6.03. The molecule has 1 amide bonds. The first-order valence-electron chi connectivity index (χ1n) is 7.97. The van der Waals surface area contributed by atoms with E-state index in [0.29, 0.717) is 29.9 Å². The fourth-order valence-corrected chi connectivity index (χ4v) is 4.09. The summed E-state index contributed by atoms with van der Waals surface area (Å²) < 4.78 is 7.61. The van der Waals surface area contributed by atoms with Crippen LogP contribution >= 0.6 is 11.3 Å².